The third kappa shape index (κ3) is 2.16. The Labute approximate surface area is 117 Å². The van der Waals surface area contributed by atoms with Crippen molar-refractivity contribution in [1.82, 2.24) is 9.55 Å². The van der Waals surface area contributed by atoms with E-state index in [0.29, 0.717) is 10.3 Å². The Morgan fingerprint density at radius 1 is 1.37 bits per heavy atom. The van der Waals surface area contributed by atoms with Crippen LogP contribution < -0.4 is 4.74 Å². The number of benzene rings is 1. The molecule has 19 heavy (non-hydrogen) atoms. The van der Waals surface area contributed by atoms with Crippen LogP contribution in [0.5, 0.6) is 5.75 Å². The molecular weight excluding hydrogens is 263 g/mol. The van der Waals surface area contributed by atoms with E-state index >= 15 is 0 Å². The molecule has 0 aliphatic heterocycles. The molecule has 0 unspecified atom stereocenters. The standard InChI is InChI=1S/C14H19FN2OS/c1-5-14(3,6-2)17-11-8-12(18-4)9(15)7-10(11)16-13(17)19/h7-8H,5-6H2,1-4H3,(H,16,19). The number of halogens is 1. The molecule has 0 aliphatic rings. The van der Waals surface area contributed by atoms with Gasteiger partial charge in [0.05, 0.1) is 18.1 Å². The molecule has 0 atom stereocenters. The highest BCUT2D eigenvalue weighted by atomic mass is 32.1. The van der Waals surface area contributed by atoms with Crippen LogP contribution in [0.3, 0.4) is 0 Å². The van der Waals surface area contributed by atoms with E-state index in [4.69, 9.17) is 17.0 Å². The molecule has 104 valence electrons. The molecule has 0 spiro atoms. The van der Waals surface area contributed by atoms with Gasteiger partial charge in [0.1, 0.15) is 0 Å². The van der Waals surface area contributed by atoms with Gasteiger partial charge in [-0.25, -0.2) is 4.39 Å². The number of nitrogens with one attached hydrogen (secondary N) is 1. The topological polar surface area (TPSA) is 29.9 Å². The highest BCUT2D eigenvalue weighted by Crippen LogP contribution is 2.32. The number of imidazole rings is 1. The van der Waals surface area contributed by atoms with Crippen molar-refractivity contribution >= 4 is 23.3 Å². The third-order valence-corrected chi connectivity index (χ3v) is 4.30. The second kappa shape index (κ2) is 4.96. The van der Waals surface area contributed by atoms with Crippen LogP contribution in [0.4, 0.5) is 4.39 Å². The Bertz CT molecular complexity index is 655. The molecule has 0 saturated heterocycles. The fourth-order valence-corrected chi connectivity index (χ4v) is 2.80. The third-order valence-electron chi connectivity index (χ3n) is 4.02. The van der Waals surface area contributed by atoms with Crippen molar-refractivity contribution in [2.45, 2.75) is 39.2 Å². The van der Waals surface area contributed by atoms with Crippen molar-refractivity contribution < 1.29 is 9.13 Å². The van der Waals surface area contributed by atoms with Crippen LogP contribution in [0.15, 0.2) is 12.1 Å². The summed E-state index contributed by atoms with van der Waals surface area (Å²) in [6, 6.07) is 3.15. The number of aromatic nitrogens is 2. The largest absolute Gasteiger partial charge is 0.494 e. The highest BCUT2D eigenvalue weighted by Gasteiger charge is 2.25. The van der Waals surface area contributed by atoms with E-state index in [-0.39, 0.29) is 17.1 Å². The number of hydrogen-bond donors (Lipinski definition) is 1. The van der Waals surface area contributed by atoms with Gasteiger partial charge in [-0.05, 0) is 32.0 Å². The summed E-state index contributed by atoms with van der Waals surface area (Å²) in [5.74, 6) is -0.141. The summed E-state index contributed by atoms with van der Waals surface area (Å²) in [4.78, 5) is 3.08. The summed E-state index contributed by atoms with van der Waals surface area (Å²) in [5.41, 5.74) is 1.50. The minimum absolute atomic E-state index is 0.0851. The molecule has 0 saturated carbocycles. The maximum atomic E-state index is 13.7. The number of H-pyrrole nitrogens is 1. The first-order chi connectivity index (χ1) is 8.96. The van der Waals surface area contributed by atoms with Gasteiger partial charge in [-0.1, -0.05) is 13.8 Å². The van der Waals surface area contributed by atoms with Crippen LogP contribution in [0.25, 0.3) is 11.0 Å². The summed E-state index contributed by atoms with van der Waals surface area (Å²) >= 11 is 5.40. The first-order valence-corrected chi connectivity index (χ1v) is 6.86. The van der Waals surface area contributed by atoms with Crippen molar-refractivity contribution in [3.8, 4) is 5.75 Å². The van der Waals surface area contributed by atoms with E-state index < -0.39 is 0 Å². The lowest BCUT2D eigenvalue weighted by molar-refractivity contribution is 0.299. The average Bonchev–Trinajstić information content (AvgIpc) is 2.72. The zero-order valence-electron chi connectivity index (χ0n) is 11.7. The predicted octanol–water partition coefficient (Wildman–Crippen LogP) is 4.38. The molecule has 0 fully saturated rings. The Morgan fingerprint density at radius 3 is 2.53 bits per heavy atom. The summed E-state index contributed by atoms with van der Waals surface area (Å²) < 4.78 is 21.5. The van der Waals surface area contributed by atoms with Gasteiger partial charge in [0.25, 0.3) is 0 Å². The number of rotatable bonds is 4. The lowest BCUT2D eigenvalue weighted by atomic mass is 9.95. The second-order valence-electron chi connectivity index (χ2n) is 4.97. The SMILES string of the molecule is CCC(C)(CC)n1c(=S)[nH]c2cc(F)c(OC)cc21. The van der Waals surface area contributed by atoms with Crippen LogP contribution in [0.1, 0.15) is 33.6 Å². The zero-order valence-corrected chi connectivity index (χ0v) is 12.5. The van der Waals surface area contributed by atoms with Crippen LogP contribution in [0, 0.1) is 10.6 Å². The average molecular weight is 282 g/mol. The van der Waals surface area contributed by atoms with Gasteiger partial charge in [0.15, 0.2) is 16.3 Å². The molecule has 5 heteroatoms. The molecule has 1 aromatic carbocycles. The van der Waals surface area contributed by atoms with E-state index in [2.05, 4.69) is 30.3 Å². The van der Waals surface area contributed by atoms with Gasteiger partial charge < -0.3 is 14.3 Å². The Kier molecular flexibility index (Phi) is 3.67. The van der Waals surface area contributed by atoms with Crippen molar-refractivity contribution in [3.63, 3.8) is 0 Å². The van der Waals surface area contributed by atoms with E-state index in [1.54, 1.807) is 6.07 Å². The maximum Gasteiger partial charge on any atom is 0.178 e. The maximum absolute atomic E-state index is 13.7. The van der Waals surface area contributed by atoms with Crippen LogP contribution >= 0.6 is 12.2 Å². The number of nitrogens with zero attached hydrogens (tertiary/aromatic N) is 1. The van der Waals surface area contributed by atoms with Crippen LogP contribution in [-0.2, 0) is 5.54 Å². The molecule has 1 N–H and O–H groups in total. The van der Waals surface area contributed by atoms with Crippen LogP contribution in [0.2, 0.25) is 0 Å². The molecule has 0 radical (unpaired) electrons. The Hall–Kier alpha value is -1.36. The van der Waals surface area contributed by atoms with Crippen molar-refractivity contribution in [2.24, 2.45) is 0 Å². The molecule has 2 rings (SSSR count). The molecular formula is C14H19FN2OS. The number of aromatic amines is 1. The van der Waals surface area contributed by atoms with Gasteiger partial charge in [-0.2, -0.15) is 0 Å². The van der Waals surface area contributed by atoms with E-state index in [1.165, 1.54) is 13.2 Å². The van der Waals surface area contributed by atoms with Crippen molar-refractivity contribution in [2.75, 3.05) is 7.11 Å². The van der Waals surface area contributed by atoms with E-state index in [1.807, 2.05) is 0 Å². The van der Waals surface area contributed by atoms with Gasteiger partial charge >= 0.3 is 0 Å². The second-order valence-corrected chi connectivity index (χ2v) is 5.36. The minimum atomic E-state index is -0.381. The first-order valence-electron chi connectivity index (χ1n) is 6.45. The van der Waals surface area contributed by atoms with Gasteiger partial charge in [-0.3, -0.25) is 0 Å². The normalized spacial score (nSPS) is 12.1. The quantitative estimate of drug-likeness (QED) is 0.843. The number of methoxy groups -OCH3 is 1. The number of ether oxygens (including phenoxy) is 1. The molecule has 1 heterocycles. The smallest absolute Gasteiger partial charge is 0.178 e. The van der Waals surface area contributed by atoms with Gasteiger partial charge in [0.2, 0.25) is 0 Å². The zero-order chi connectivity index (χ0) is 14.2. The lowest BCUT2D eigenvalue weighted by Gasteiger charge is -2.29. The lowest BCUT2D eigenvalue weighted by Crippen LogP contribution is -2.28. The van der Waals surface area contributed by atoms with Gasteiger partial charge in [-0.15, -0.1) is 0 Å². The Balaban J connectivity index is 2.81. The van der Waals surface area contributed by atoms with Gasteiger partial charge in [0, 0.05) is 17.7 Å². The molecule has 0 amide bonds. The summed E-state index contributed by atoms with van der Waals surface area (Å²) in [6.45, 7) is 6.42. The number of fused-ring (bicyclic) bond motifs is 1. The molecule has 0 aliphatic carbocycles. The minimum Gasteiger partial charge on any atom is -0.494 e. The summed E-state index contributed by atoms with van der Waals surface area (Å²) in [5, 5.41) is 0. The fraction of sp³-hybridized carbons (Fsp3) is 0.500. The molecule has 0 bridgehead atoms. The highest BCUT2D eigenvalue weighted by molar-refractivity contribution is 7.71. The fourth-order valence-electron chi connectivity index (χ4n) is 2.37. The predicted molar refractivity (Wildman–Crippen MR) is 77.9 cm³/mol. The summed E-state index contributed by atoms with van der Waals surface area (Å²) in [7, 11) is 1.47. The monoisotopic (exact) mass is 282 g/mol. The van der Waals surface area contributed by atoms with Crippen molar-refractivity contribution in [1.29, 1.82) is 0 Å². The first kappa shape index (κ1) is 14.1. The van der Waals surface area contributed by atoms with Crippen LogP contribution in [-0.4, -0.2) is 16.7 Å². The number of hydrogen-bond acceptors (Lipinski definition) is 2. The Morgan fingerprint density at radius 2 is 2.00 bits per heavy atom. The summed E-state index contributed by atoms with van der Waals surface area (Å²) in [6.07, 6.45) is 1.90. The van der Waals surface area contributed by atoms with Crippen molar-refractivity contribution in [3.05, 3.63) is 22.7 Å². The molecule has 1 aromatic heterocycles. The van der Waals surface area contributed by atoms with E-state index in [0.717, 1.165) is 18.4 Å². The molecule has 2 aromatic rings. The molecule has 3 nitrogen and oxygen atoms in total. The van der Waals surface area contributed by atoms with E-state index in [9.17, 15) is 4.39 Å².